The minimum absolute atomic E-state index is 0.0228. The van der Waals surface area contributed by atoms with Gasteiger partial charge in [-0.1, -0.05) is 0 Å². The molecule has 0 aromatic carbocycles. The molecule has 19 heavy (non-hydrogen) atoms. The Morgan fingerprint density at radius 3 is 2.89 bits per heavy atom. The smallest absolute Gasteiger partial charge is 0.248 e. The minimum atomic E-state index is -0.0569. The third-order valence-electron chi connectivity index (χ3n) is 4.01. The van der Waals surface area contributed by atoms with Crippen molar-refractivity contribution in [3.63, 3.8) is 0 Å². The summed E-state index contributed by atoms with van der Waals surface area (Å²) in [4.78, 5) is 14.5. The lowest BCUT2D eigenvalue weighted by molar-refractivity contribution is -0.0368. The van der Waals surface area contributed by atoms with E-state index in [4.69, 9.17) is 9.84 Å². The highest BCUT2D eigenvalue weighted by Crippen LogP contribution is 2.42. The van der Waals surface area contributed by atoms with Crippen molar-refractivity contribution in [2.45, 2.75) is 44.2 Å². The summed E-state index contributed by atoms with van der Waals surface area (Å²) in [6.07, 6.45) is 5.67. The Bertz CT molecular complexity index is 663. The molecule has 1 unspecified atom stereocenters. The lowest BCUT2D eigenvalue weighted by Gasteiger charge is -2.23. The van der Waals surface area contributed by atoms with E-state index in [0.717, 1.165) is 36.2 Å². The summed E-state index contributed by atoms with van der Waals surface area (Å²) in [5, 5.41) is 4.74. The average molecular weight is 259 g/mol. The number of fused-ring (bicyclic) bond motifs is 1. The number of rotatable bonds is 2. The van der Waals surface area contributed by atoms with Crippen molar-refractivity contribution in [3.8, 4) is 0 Å². The van der Waals surface area contributed by atoms with E-state index < -0.39 is 0 Å². The SMILES string of the molecule is O=c1ccc2c([nH]1)c(C1CC1)nn2C1CCCCO1. The molecule has 4 rings (SSSR count). The van der Waals surface area contributed by atoms with Crippen molar-refractivity contribution in [3.05, 3.63) is 28.2 Å². The van der Waals surface area contributed by atoms with Crippen LogP contribution >= 0.6 is 0 Å². The molecule has 2 aromatic rings. The predicted octanol–water partition coefficient (Wildman–Crippen LogP) is 2.30. The Labute approximate surface area is 110 Å². The van der Waals surface area contributed by atoms with Gasteiger partial charge < -0.3 is 9.72 Å². The van der Waals surface area contributed by atoms with Crippen molar-refractivity contribution < 1.29 is 4.74 Å². The van der Waals surface area contributed by atoms with Gasteiger partial charge >= 0.3 is 0 Å². The van der Waals surface area contributed by atoms with E-state index in [-0.39, 0.29) is 11.8 Å². The van der Waals surface area contributed by atoms with Crippen LogP contribution in [0.15, 0.2) is 16.9 Å². The van der Waals surface area contributed by atoms with Crippen LogP contribution in [0.4, 0.5) is 0 Å². The van der Waals surface area contributed by atoms with Gasteiger partial charge in [-0.25, -0.2) is 4.68 Å². The highest BCUT2D eigenvalue weighted by Gasteiger charge is 2.31. The van der Waals surface area contributed by atoms with Crippen LogP contribution in [0.5, 0.6) is 0 Å². The Kier molecular flexibility index (Phi) is 2.48. The highest BCUT2D eigenvalue weighted by molar-refractivity contribution is 5.78. The fraction of sp³-hybridized carbons (Fsp3) is 0.571. The maximum atomic E-state index is 11.5. The van der Waals surface area contributed by atoms with Gasteiger partial charge in [0.05, 0.1) is 16.7 Å². The summed E-state index contributed by atoms with van der Waals surface area (Å²) in [6.45, 7) is 0.800. The lowest BCUT2D eigenvalue weighted by Crippen LogP contribution is -2.19. The second kappa shape index (κ2) is 4.20. The van der Waals surface area contributed by atoms with E-state index in [1.807, 2.05) is 10.7 Å². The van der Waals surface area contributed by atoms with Gasteiger partial charge in [0, 0.05) is 18.6 Å². The lowest BCUT2D eigenvalue weighted by atomic mass is 10.2. The third-order valence-corrected chi connectivity index (χ3v) is 4.01. The molecule has 1 saturated carbocycles. The van der Waals surface area contributed by atoms with Crippen LogP contribution in [0.25, 0.3) is 11.0 Å². The van der Waals surface area contributed by atoms with Gasteiger partial charge in [0.25, 0.3) is 0 Å². The number of aromatic amines is 1. The highest BCUT2D eigenvalue weighted by atomic mass is 16.5. The Hall–Kier alpha value is -1.62. The Balaban J connectivity index is 1.87. The van der Waals surface area contributed by atoms with Crippen LogP contribution in [0.1, 0.15) is 49.9 Å². The molecule has 1 aliphatic carbocycles. The predicted molar refractivity (Wildman–Crippen MR) is 71.2 cm³/mol. The van der Waals surface area contributed by atoms with Crippen molar-refractivity contribution in [2.75, 3.05) is 6.61 Å². The number of ether oxygens (including phenoxy) is 1. The summed E-state index contributed by atoms with van der Waals surface area (Å²) in [5.41, 5.74) is 2.89. The molecule has 0 spiro atoms. The van der Waals surface area contributed by atoms with Crippen molar-refractivity contribution in [1.82, 2.24) is 14.8 Å². The van der Waals surface area contributed by atoms with Gasteiger partial charge in [-0.15, -0.1) is 0 Å². The van der Waals surface area contributed by atoms with Gasteiger partial charge in [0.15, 0.2) is 6.23 Å². The van der Waals surface area contributed by atoms with E-state index in [0.29, 0.717) is 5.92 Å². The van der Waals surface area contributed by atoms with Gasteiger partial charge in [-0.3, -0.25) is 4.79 Å². The first-order valence-corrected chi connectivity index (χ1v) is 7.06. The summed E-state index contributed by atoms with van der Waals surface area (Å²) >= 11 is 0. The molecule has 3 heterocycles. The van der Waals surface area contributed by atoms with Crippen molar-refractivity contribution in [2.24, 2.45) is 0 Å². The fourth-order valence-electron chi connectivity index (χ4n) is 2.85. The number of hydrogen-bond donors (Lipinski definition) is 1. The van der Waals surface area contributed by atoms with E-state index in [1.54, 1.807) is 6.07 Å². The average Bonchev–Trinajstić information content (AvgIpc) is 3.21. The number of H-pyrrole nitrogens is 1. The molecule has 0 radical (unpaired) electrons. The van der Waals surface area contributed by atoms with E-state index in [2.05, 4.69) is 4.98 Å². The van der Waals surface area contributed by atoms with Crippen LogP contribution in [0, 0.1) is 0 Å². The van der Waals surface area contributed by atoms with Crippen LogP contribution in [-0.4, -0.2) is 21.4 Å². The molecular weight excluding hydrogens is 242 g/mol. The van der Waals surface area contributed by atoms with Crippen molar-refractivity contribution in [1.29, 1.82) is 0 Å². The van der Waals surface area contributed by atoms with E-state index in [9.17, 15) is 4.79 Å². The number of aromatic nitrogens is 3. The summed E-state index contributed by atoms with van der Waals surface area (Å²) in [7, 11) is 0. The van der Waals surface area contributed by atoms with Crippen LogP contribution in [0.3, 0.4) is 0 Å². The van der Waals surface area contributed by atoms with Crippen LogP contribution in [0.2, 0.25) is 0 Å². The molecule has 5 nitrogen and oxygen atoms in total. The largest absolute Gasteiger partial charge is 0.356 e. The third kappa shape index (κ3) is 1.89. The first-order chi connectivity index (χ1) is 9.33. The second-order valence-corrected chi connectivity index (χ2v) is 5.51. The zero-order valence-electron chi connectivity index (χ0n) is 10.8. The molecule has 0 amide bonds. The Morgan fingerprint density at radius 2 is 2.16 bits per heavy atom. The molecule has 1 aliphatic heterocycles. The monoisotopic (exact) mass is 259 g/mol. The van der Waals surface area contributed by atoms with Gasteiger partial charge in [-0.2, -0.15) is 5.10 Å². The van der Waals surface area contributed by atoms with E-state index >= 15 is 0 Å². The van der Waals surface area contributed by atoms with Gasteiger partial charge in [0.2, 0.25) is 5.56 Å². The summed E-state index contributed by atoms with van der Waals surface area (Å²) < 4.78 is 7.79. The number of nitrogens with zero attached hydrogens (tertiary/aromatic N) is 2. The summed E-state index contributed by atoms with van der Waals surface area (Å²) in [5.74, 6) is 0.519. The van der Waals surface area contributed by atoms with Crippen LogP contribution < -0.4 is 5.56 Å². The van der Waals surface area contributed by atoms with Gasteiger partial charge in [0.1, 0.15) is 0 Å². The number of nitrogens with one attached hydrogen (secondary N) is 1. The number of pyridine rings is 1. The fourth-order valence-corrected chi connectivity index (χ4v) is 2.85. The molecule has 0 bridgehead atoms. The molecule has 5 heteroatoms. The second-order valence-electron chi connectivity index (χ2n) is 5.51. The normalized spacial score (nSPS) is 23.9. The quantitative estimate of drug-likeness (QED) is 0.900. The maximum absolute atomic E-state index is 11.5. The summed E-state index contributed by atoms with van der Waals surface area (Å²) in [6, 6.07) is 3.44. The molecule has 100 valence electrons. The topological polar surface area (TPSA) is 59.9 Å². The molecule has 2 aromatic heterocycles. The zero-order valence-corrected chi connectivity index (χ0v) is 10.8. The Morgan fingerprint density at radius 1 is 1.26 bits per heavy atom. The first kappa shape index (κ1) is 11.2. The molecule has 2 aliphatic rings. The minimum Gasteiger partial charge on any atom is -0.356 e. The standard InChI is InChI=1S/C14H17N3O2/c18-11-7-6-10-14(15-11)13(9-4-5-9)16-17(10)12-3-1-2-8-19-12/h6-7,9,12H,1-5,8H2,(H,15,18). The van der Waals surface area contributed by atoms with E-state index in [1.165, 1.54) is 19.3 Å². The number of hydrogen-bond acceptors (Lipinski definition) is 3. The maximum Gasteiger partial charge on any atom is 0.248 e. The molecular formula is C14H17N3O2. The molecule has 1 saturated heterocycles. The molecule has 1 atom stereocenters. The van der Waals surface area contributed by atoms with Crippen molar-refractivity contribution >= 4 is 11.0 Å². The molecule has 2 fully saturated rings. The zero-order chi connectivity index (χ0) is 12.8. The van der Waals surface area contributed by atoms with Crippen LogP contribution in [-0.2, 0) is 4.74 Å². The molecule has 1 N–H and O–H groups in total. The van der Waals surface area contributed by atoms with Gasteiger partial charge in [-0.05, 0) is 38.2 Å². The first-order valence-electron chi connectivity index (χ1n) is 7.06.